The first-order valence-electron chi connectivity index (χ1n) is 7.71. The van der Waals surface area contributed by atoms with E-state index in [1.807, 2.05) is 0 Å². The second-order valence-corrected chi connectivity index (χ2v) is 5.64. The van der Waals surface area contributed by atoms with E-state index in [9.17, 15) is 19.5 Å². The molecule has 6 heteroatoms. The number of phenolic OH excluding ortho intramolecular Hbond substituents is 1. The minimum Gasteiger partial charge on any atom is -0.507 e. The van der Waals surface area contributed by atoms with Crippen LogP contribution in [0.15, 0.2) is 42.5 Å². The van der Waals surface area contributed by atoms with E-state index in [0.717, 1.165) is 0 Å². The highest BCUT2D eigenvalue weighted by atomic mass is 16.5. The number of amides is 1. The van der Waals surface area contributed by atoms with Crippen molar-refractivity contribution >= 4 is 23.3 Å². The topological polar surface area (TPSA) is 92.7 Å². The van der Waals surface area contributed by atoms with Gasteiger partial charge in [-0.05, 0) is 44.5 Å². The van der Waals surface area contributed by atoms with Gasteiger partial charge in [0.05, 0.1) is 0 Å². The van der Waals surface area contributed by atoms with Gasteiger partial charge in [0.15, 0.2) is 11.9 Å². The Morgan fingerprint density at radius 1 is 1.12 bits per heavy atom. The lowest BCUT2D eigenvalue weighted by atomic mass is 10.1. The van der Waals surface area contributed by atoms with Gasteiger partial charge >= 0.3 is 5.97 Å². The van der Waals surface area contributed by atoms with E-state index in [4.69, 9.17) is 4.74 Å². The van der Waals surface area contributed by atoms with Crippen molar-refractivity contribution in [2.24, 2.45) is 0 Å². The number of ether oxygens (including phenoxy) is 1. The zero-order chi connectivity index (χ0) is 18.6. The standard InChI is InChI=1S/C19H19NO5/c1-11-6-4-9-16(17(11)22)19(24)25-13(3)18(23)20-15-8-5-7-14(10-15)12(2)21/h4-10,13,22H,1-3H3,(H,20,23)/t13-/m0/s1. The first-order chi connectivity index (χ1) is 11.8. The summed E-state index contributed by atoms with van der Waals surface area (Å²) < 4.78 is 5.11. The summed E-state index contributed by atoms with van der Waals surface area (Å²) in [5, 5.41) is 12.5. The maximum absolute atomic E-state index is 12.2. The van der Waals surface area contributed by atoms with Crippen LogP contribution in [0.2, 0.25) is 0 Å². The number of aromatic hydroxyl groups is 1. The zero-order valence-electron chi connectivity index (χ0n) is 14.2. The van der Waals surface area contributed by atoms with Crippen molar-refractivity contribution in [3.63, 3.8) is 0 Å². The van der Waals surface area contributed by atoms with Crippen LogP contribution in [0, 0.1) is 6.92 Å². The minimum absolute atomic E-state index is 0.00164. The van der Waals surface area contributed by atoms with E-state index in [1.165, 1.54) is 19.9 Å². The van der Waals surface area contributed by atoms with E-state index in [2.05, 4.69) is 5.32 Å². The zero-order valence-corrected chi connectivity index (χ0v) is 14.2. The fourth-order valence-corrected chi connectivity index (χ4v) is 2.16. The number of rotatable bonds is 5. The first kappa shape index (κ1) is 18.2. The molecule has 2 rings (SSSR count). The van der Waals surface area contributed by atoms with Gasteiger partial charge in [-0.25, -0.2) is 4.79 Å². The van der Waals surface area contributed by atoms with Gasteiger partial charge < -0.3 is 15.2 Å². The van der Waals surface area contributed by atoms with E-state index in [-0.39, 0.29) is 17.1 Å². The quantitative estimate of drug-likeness (QED) is 0.644. The summed E-state index contributed by atoms with van der Waals surface area (Å²) in [5.41, 5.74) is 1.43. The molecule has 0 aliphatic carbocycles. The number of anilines is 1. The van der Waals surface area contributed by atoms with Gasteiger partial charge in [-0.3, -0.25) is 9.59 Å². The van der Waals surface area contributed by atoms with Crippen LogP contribution in [0.1, 0.15) is 40.1 Å². The molecule has 0 aromatic heterocycles. The second kappa shape index (κ2) is 7.61. The van der Waals surface area contributed by atoms with E-state index >= 15 is 0 Å². The monoisotopic (exact) mass is 341 g/mol. The molecule has 0 unspecified atom stereocenters. The van der Waals surface area contributed by atoms with Crippen LogP contribution in [0.3, 0.4) is 0 Å². The van der Waals surface area contributed by atoms with Gasteiger partial charge in [0.1, 0.15) is 11.3 Å². The molecule has 130 valence electrons. The molecule has 0 aliphatic rings. The summed E-state index contributed by atoms with van der Waals surface area (Å²) in [5.74, 6) is -1.62. The molecule has 0 radical (unpaired) electrons. The maximum atomic E-state index is 12.2. The predicted octanol–water partition coefficient (Wildman–Crippen LogP) is 3.09. The third-order valence-corrected chi connectivity index (χ3v) is 3.65. The van der Waals surface area contributed by atoms with Crippen LogP contribution >= 0.6 is 0 Å². The Morgan fingerprint density at radius 3 is 2.48 bits per heavy atom. The van der Waals surface area contributed by atoms with Crippen molar-refractivity contribution in [1.82, 2.24) is 0 Å². The van der Waals surface area contributed by atoms with E-state index < -0.39 is 18.0 Å². The molecule has 1 amide bonds. The molecular weight excluding hydrogens is 322 g/mol. The number of nitrogens with one attached hydrogen (secondary N) is 1. The summed E-state index contributed by atoms with van der Waals surface area (Å²) in [6.07, 6.45) is -1.08. The van der Waals surface area contributed by atoms with Gasteiger partial charge in [-0.1, -0.05) is 24.3 Å². The van der Waals surface area contributed by atoms with Crippen molar-refractivity contribution in [2.45, 2.75) is 26.9 Å². The minimum atomic E-state index is -1.08. The van der Waals surface area contributed by atoms with Gasteiger partial charge in [0, 0.05) is 11.3 Å². The molecule has 1 atom stereocenters. The Morgan fingerprint density at radius 2 is 1.80 bits per heavy atom. The highest BCUT2D eigenvalue weighted by Gasteiger charge is 2.21. The van der Waals surface area contributed by atoms with Crippen molar-refractivity contribution in [2.75, 3.05) is 5.32 Å². The summed E-state index contributed by atoms with van der Waals surface area (Å²) in [6, 6.07) is 11.2. The molecular formula is C19H19NO5. The Hall–Kier alpha value is -3.15. The average molecular weight is 341 g/mol. The van der Waals surface area contributed by atoms with Crippen molar-refractivity contribution in [3.05, 3.63) is 59.2 Å². The number of esters is 1. The molecule has 0 saturated carbocycles. The van der Waals surface area contributed by atoms with Gasteiger partial charge in [0.2, 0.25) is 0 Å². The Balaban J connectivity index is 2.05. The Bertz CT molecular complexity index is 828. The number of para-hydroxylation sites is 1. The van der Waals surface area contributed by atoms with Crippen LogP contribution in [0.25, 0.3) is 0 Å². The number of hydrogen-bond donors (Lipinski definition) is 2. The normalized spacial score (nSPS) is 11.5. The second-order valence-electron chi connectivity index (χ2n) is 5.64. The van der Waals surface area contributed by atoms with Crippen LogP contribution in [0.5, 0.6) is 5.75 Å². The summed E-state index contributed by atoms with van der Waals surface area (Å²) in [6.45, 7) is 4.51. The molecule has 0 spiro atoms. The summed E-state index contributed by atoms with van der Waals surface area (Å²) in [7, 11) is 0. The van der Waals surface area contributed by atoms with Crippen molar-refractivity contribution in [3.8, 4) is 5.75 Å². The predicted molar refractivity (Wildman–Crippen MR) is 92.8 cm³/mol. The first-order valence-corrected chi connectivity index (χ1v) is 7.71. The number of hydrogen-bond acceptors (Lipinski definition) is 5. The summed E-state index contributed by atoms with van der Waals surface area (Å²) in [4.78, 5) is 35.7. The van der Waals surface area contributed by atoms with Crippen LogP contribution in [-0.4, -0.2) is 28.9 Å². The largest absolute Gasteiger partial charge is 0.507 e. The molecule has 2 N–H and O–H groups in total. The smallest absolute Gasteiger partial charge is 0.342 e. The fourth-order valence-electron chi connectivity index (χ4n) is 2.16. The van der Waals surface area contributed by atoms with Gasteiger partial charge in [0.25, 0.3) is 5.91 Å². The molecule has 0 heterocycles. The van der Waals surface area contributed by atoms with Gasteiger partial charge in [-0.2, -0.15) is 0 Å². The highest BCUT2D eigenvalue weighted by Crippen LogP contribution is 2.22. The molecule has 0 fully saturated rings. The Kier molecular flexibility index (Phi) is 5.54. The third-order valence-electron chi connectivity index (χ3n) is 3.65. The molecule has 25 heavy (non-hydrogen) atoms. The fraction of sp³-hybridized carbons (Fsp3) is 0.211. The number of ketones is 1. The van der Waals surface area contributed by atoms with E-state index in [1.54, 1.807) is 43.3 Å². The Labute approximate surface area is 145 Å². The van der Waals surface area contributed by atoms with Crippen LogP contribution in [-0.2, 0) is 9.53 Å². The number of benzene rings is 2. The maximum Gasteiger partial charge on any atom is 0.342 e. The van der Waals surface area contributed by atoms with E-state index in [0.29, 0.717) is 16.8 Å². The number of aryl methyl sites for hydroxylation is 1. The lowest BCUT2D eigenvalue weighted by Gasteiger charge is -2.14. The number of carbonyl (C=O) groups is 3. The van der Waals surface area contributed by atoms with Crippen LogP contribution in [0.4, 0.5) is 5.69 Å². The molecule has 0 saturated heterocycles. The molecule has 2 aromatic rings. The van der Waals surface area contributed by atoms with Crippen molar-refractivity contribution < 1.29 is 24.2 Å². The molecule has 6 nitrogen and oxygen atoms in total. The lowest BCUT2D eigenvalue weighted by Crippen LogP contribution is -2.30. The van der Waals surface area contributed by atoms with Crippen LogP contribution < -0.4 is 5.32 Å². The number of Topliss-reactive ketones (excluding diaryl/α,β-unsaturated/α-hetero) is 1. The summed E-state index contributed by atoms with van der Waals surface area (Å²) >= 11 is 0. The molecule has 0 bridgehead atoms. The lowest BCUT2D eigenvalue weighted by molar-refractivity contribution is -0.123. The third kappa shape index (κ3) is 4.44. The molecule has 2 aromatic carbocycles. The molecule has 0 aliphatic heterocycles. The van der Waals surface area contributed by atoms with Crippen molar-refractivity contribution in [1.29, 1.82) is 0 Å². The SMILES string of the molecule is CC(=O)c1cccc(NC(=O)[C@H](C)OC(=O)c2cccc(C)c2O)c1. The number of phenols is 1. The highest BCUT2D eigenvalue weighted by molar-refractivity contribution is 6.00. The van der Waals surface area contributed by atoms with Gasteiger partial charge in [-0.15, -0.1) is 0 Å². The average Bonchev–Trinajstić information content (AvgIpc) is 2.57. The number of carbonyl (C=O) groups excluding carboxylic acids is 3.